The van der Waals surface area contributed by atoms with E-state index in [1.54, 1.807) is 0 Å². The summed E-state index contributed by atoms with van der Waals surface area (Å²) >= 11 is 0. The van der Waals surface area contributed by atoms with Crippen molar-refractivity contribution in [1.82, 2.24) is 10.3 Å². The third-order valence-electron chi connectivity index (χ3n) is 2.78. The van der Waals surface area contributed by atoms with Crippen molar-refractivity contribution >= 4 is 11.9 Å². The summed E-state index contributed by atoms with van der Waals surface area (Å²) in [5, 5.41) is 11.4. The number of nitrogens with zero attached hydrogens (tertiary/aromatic N) is 1. The number of carboxylic acid groups (broad SMARTS) is 1. The molecular weight excluding hydrogens is 248 g/mol. The molecule has 0 radical (unpaired) electrons. The Morgan fingerprint density at radius 3 is 2.79 bits per heavy atom. The fourth-order valence-electron chi connectivity index (χ4n) is 1.54. The highest BCUT2D eigenvalue weighted by atomic mass is 16.5. The van der Waals surface area contributed by atoms with Crippen LogP contribution >= 0.6 is 0 Å². The van der Waals surface area contributed by atoms with Gasteiger partial charge in [-0.3, -0.25) is 4.79 Å². The summed E-state index contributed by atoms with van der Waals surface area (Å²) < 4.78 is 5.38. The monoisotopic (exact) mass is 264 g/mol. The number of carboxylic acids is 1. The average Bonchev–Trinajstić information content (AvgIpc) is 3.22. The lowest BCUT2D eigenvalue weighted by Gasteiger charge is -2.06. The fourth-order valence-corrected chi connectivity index (χ4v) is 1.54. The Hall–Kier alpha value is -1.95. The van der Waals surface area contributed by atoms with Crippen LogP contribution < -0.4 is 5.32 Å². The Bertz CT molecular complexity index is 471. The highest BCUT2D eigenvalue weighted by Gasteiger charge is 2.20. The molecular formula is C13H16N2O4. The molecule has 0 unspecified atom stereocenters. The molecule has 1 aliphatic carbocycles. The maximum atomic E-state index is 11.7. The molecule has 1 heterocycles. The van der Waals surface area contributed by atoms with Crippen LogP contribution in [0, 0.1) is 5.92 Å². The molecule has 1 aliphatic rings. The van der Waals surface area contributed by atoms with Gasteiger partial charge in [0.2, 0.25) is 0 Å². The van der Waals surface area contributed by atoms with Gasteiger partial charge in [-0.2, -0.15) is 0 Å². The van der Waals surface area contributed by atoms with Crippen LogP contribution in [-0.2, 0) is 4.74 Å². The number of hydrogen-bond donors (Lipinski definition) is 2. The number of aromatic nitrogens is 1. The van der Waals surface area contributed by atoms with E-state index in [1.807, 2.05) is 0 Å². The normalized spacial score (nSPS) is 14.1. The first-order valence-electron chi connectivity index (χ1n) is 6.23. The fraction of sp³-hybridized carbons (Fsp3) is 0.462. The quantitative estimate of drug-likeness (QED) is 0.715. The first-order valence-corrected chi connectivity index (χ1v) is 6.23. The second kappa shape index (κ2) is 6.29. The molecule has 0 saturated heterocycles. The van der Waals surface area contributed by atoms with Crippen LogP contribution in [0.15, 0.2) is 18.2 Å². The number of carbonyl (C=O) groups excluding carboxylic acids is 1. The Labute approximate surface area is 110 Å². The van der Waals surface area contributed by atoms with Crippen molar-refractivity contribution in [2.75, 3.05) is 19.8 Å². The minimum atomic E-state index is -1.15. The van der Waals surface area contributed by atoms with Crippen LogP contribution in [0.4, 0.5) is 0 Å². The van der Waals surface area contributed by atoms with Gasteiger partial charge in [0.1, 0.15) is 11.4 Å². The Morgan fingerprint density at radius 1 is 1.37 bits per heavy atom. The molecule has 0 aromatic carbocycles. The molecule has 1 amide bonds. The number of rotatable bonds is 7. The Balaban J connectivity index is 1.75. The molecule has 2 N–H and O–H groups in total. The van der Waals surface area contributed by atoms with Crippen molar-refractivity contribution in [2.45, 2.75) is 12.8 Å². The van der Waals surface area contributed by atoms with E-state index in [1.165, 1.54) is 31.0 Å². The van der Waals surface area contributed by atoms with Gasteiger partial charge in [-0.15, -0.1) is 0 Å². The molecule has 1 fully saturated rings. The van der Waals surface area contributed by atoms with Gasteiger partial charge in [-0.25, -0.2) is 9.78 Å². The number of ether oxygens (including phenoxy) is 1. The minimum Gasteiger partial charge on any atom is -0.477 e. The van der Waals surface area contributed by atoms with Crippen molar-refractivity contribution in [2.24, 2.45) is 5.92 Å². The molecule has 0 atom stereocenters. The molecule has 19 heavy (non-hydrogen) atoms. The zero-order valence-corrected chi connectivity index (χ0v) is 10.5. The highest BCUT2D eigenvalue weighted by Crippen LogP contribution is 2.28. The predicted octanol–water partition coefficient (Wildman–Crippen LogP) is 0.936. The van der Waals surface area contributed by atoms with Crippen LogP contribution in [-0.4, -0.2) is 41.7 Å². The molecule has 1 saturated carbocycles. The van der Waals surface area contributed by atoms with Gasteiger partial charge in [0.15, 0.2) is 0 Å². The van der Waals surface area contributed by atoms with Crippen molar-refractivity contribution < 1.29 is 19.4 Å². The van der Waals surface area contributed by atoms with E-state index in [9.17, 15) is 9.59 Å². The predicted molar refractivity (Wildman–Crippen MR) is 67.1 cm³/mol. The van der Waals surface area contributed by atoms with Gasteiger partial charge in [0, 0.05) is 13.2 Å². The SMILES string of the molecule is O=C(O)c1cccc(C(=O)NCCOCC2CC2)n1. The van der Waals surface area contributed by atoms with Crippen LogP contribution in [0.1, 0.15) is 33.8 Å². The number of amides is 1. The average molecular weight is 264 g/mol. The van der Waals surface area contributed by atoms with Gasteiger partial charge in [0.25, 0.3) is 5.91 Å². The Morgan fingerprint density at radius 2 is 2.11 bits per heavy atom. The van der Waals surface area contributed by atoms with Crippen LogP contribution in [0.3, 0.4) is 0 Å². The van der Waals surface area contributed by atoms with Gasteiger partial charge in [-0.05, 0) is 30.9 Å². The molecule has 2 rings (SSSR count). The molecule has 1 aromatic rings. The molecule has 6 nitrogen and oxygen atoms in total. The number of hydrogen-bond acceptors (Lipinski definition) is 4. The number of pyridine rings is 1. The molecule has 0 bridgehead atoms. The lowest BCUT2D eigenvalue weighted by Crippen LogP contribution is -2.28. The number of aromatic carboxylic acids is 1. The van der Waals surface area contributed by atoms with Crippen LogP contribution in [0.25, 0.3) is 0 Å². The molecule has 6 heteroatoms. The summed E-state index contributed by atoms with van der Waals surface area (Å²) in [4.78, 5) is 26.2. The van der Waals surface area contributed by atoms with Gasteiger partial charge in [0.05, 0.1) is 6.61 Å². The van der Waals surface area contributed by atoms with Crippen molar-refractivity contribution in [3.8, 4) is 0 Å². The molecule has 102 valence electrons. The summed E-state index contributed by atoms with van der Waals surface area (Å²) in [5.74, 6) is -0.842. The summed E-state index contributed by atoms with van der Waals surface area (Å²) in [7, 11) is 0. The maximum Gasteiger partial charge on any atom is 0.354 e. The first-order chi connectivity index (χ1) is 9.16. The standard InChI is InChI=1S/C13H16N2O4/c16-12(14-6-7-19-8-9-4-5-9)10-2-1-3-11(15-10)13(17)18/h1-3,9H,4-8H2,(H,14,16)(H,17,18). The summed E-state index contributed by atoms with van der Waals surface area (Å²) in [6.07, 6.45) is 2.47. The van der Waals surface area contributed by atoms with E-state index in [0.717, 1.165) is 6.61 Å². The molecule has 0 aliphatic heterocycles. The third kappa shape index (κ3) is 4.33. The van der Waals surface area contributed by atoms with E-state index in [4.69, 9.17) is 9.84 Å². The van der Waals surface area contributed by atoms with Crippen LogP contribution in [0.5, 0.6) is 0 Å². The maximum absolute atomic E-state index is 11.7. The minimum absolute atomic E-state index is 0.0992. The zero-order valence-electron chi connectivity index (χ0n) is 10.5. The summed E-state index contributed by atoms with van der Waals surface area (Å²) in [6.45, 7) is 1.61. The lowest BCUT2D eigenvalue weighted by atomic mass is 10.3. The van der Waals surface area contributed by atoms with E-state index in [0.29, 0.717) is 19.1 Å². The van der Waals surface area contributed by atoms with E-state index < -0.39 is 11.9 Å². The number of nitrogens with one attached hydrogen (secondary N) is 1. The zero-order chi connectivity index (χ0) is 13.7. The van der Waals surface area contributed by atoms with Gasteiger partial charge >= 0.3 is 5.97 Å². The lowest BCUT2D eigenvalue weighted by molar-refractivity contribution is 0.0690. The third-order valence-corrected chi connectivity index (χ3v) is 2.78. The largest absolute Gasteiger partial charge is 0.477 e. The number of carbonyl (C=O) groups is 2. The van der Waals surface area contributed by atoms with Gasteiger partial charge in [-0.1, -0.05) is 6.07 Å². The summed E-state index contributed by atoms with van der Waals surface area (Å²) in [5.41, 5.74) is -0.0419. The molecule has 0 spiro atoms. The first kappa shape index (κ1) is 13.5. The highest BCUT2D eigenvalue weighted by molar-refractivity contribution is 5.94. The van der Waals surface area contributed by atoms with Crippen LogP contribution in [0.2, 0.25) is 0 Å². The van der Waals surface area contributed by atoms with E-state index in [-0.39, 0.29) is 11.4 Å². The van der Waals surface area contributed by atoms with Crippen molar-refractivity contribution in [3.63, 3.8) is 0 Å². The summed E-state index contributed by atoms with van der Waals surface area (Å²) in [6, 6.07) is 4.32. The van der Waals surface area contributed by atoms with Crippen molar-refractivity contribution in [1.29, 1.82) is 0 Å². The second-order valence-corrected chi connectivity index (χ2v) is 4.49. The Kier molecular flexibility index (Phi) is 4.46. The van der Waals surface area contributed by atoms with E-state index >= 15 is 0 Å². The topological polar surface area (TPSA) is 88.5 Å². The smallest absolute Gasteiger partial charge is 0.354 e. The van der Waals surface area contributed by atoms with Gasteiger partial charge < -0.3 is 15.2 Å². The second-order valence-electron chi connectivity index (χ2n) is 4.49. The molecule has 1 aromatic heterocycles. The van der Waals surface area contributed by atoms with E-state index in [2.05, 4.69) is 10.3 Å². The van der Waals surface area contributed by atoms with Crippen molar-refractivity contribution in [3.05, 3.63) is 29.6 Å².